The number of hydrogen-bond acceptors (Lipinski definition) is 2. The maximum atomic E-state index is 11.1. The second kappa shape index (κ2) is 12.4. The minimum absolute atomic E-state index is 0.255. The quantitative estimate of drug-likeness (QED) is 0.208. The number of rotatable bonds is 12. The standard InChI is InChI=1S/C16H28O2/c1-4-6-7-8-9-10-11-12-14-15(3)18-16(17)13-5-2/h5H,2-4,6-14H2,1H3. The zero-order valence-corrected chi connectivity index (χ0v) is 11.9. The van der Waals surface area contributed by atoms with Crippen LogP contribution < -0.4 is 0 Å². The monoisotopic (exact) mass is 252 g/mol. The summed E-state index contributed by atoms with van der Waals surface area (Å²) in [5, 5.41) is 0. The fraction of sp³-hybridized carbons (Fsp3) is 0.688. The van der Waals surface area contributed by atoms with Gasteiger partial charge < -0.3 is 4.74 Å². The van der Waals surface area contributed by atoms with Gasteiger partial charge in [-0.15, -0.1) is 6.58 Å². The summed E-state index contributed by atoms with van der Waals surface area (Å²) in [6, 6.07) is 0. The molecule has 0 rings (SSSR count). The van der Waals surface area contributed by atoms with Crippen LogP contribution in [0, 0.1) is 0 Å². The van der Waals surface area contributed by atoms with E-state index in [1.165, 1.54) is 44.9 Å². The largest absolute Gasteiger partial charge is 0.431 e. The fourth-order valence-electron chi connectivity index (χ4n) is 1.83. The predicted octanol–water partition coefficient (Wildman–Crippen LogP) is 5.15. The van der Waals surface area contributed by atoms with E-state index in [1.807, 2.05) is 0 Å². The van der Waals surface area contributed by atoms with E-state index in [0.29, 0.717) is 5.76 Å². The van der Waals surface area contributed by atoms with E-state index in [4.69, 9.17) is 4.74 Å². The Morgan fingerprint density at radius 3 is 2.17 bits per heavy atom. The van der Waals surface area contributed by atoms with Crippen molar-refractivity contribution in [1.29, 1.82) is 0 Å². The van der Waals surface area contributed by atoms with Crippen LogP contribution in [0.15, 0.2) is 25.0 Å². The second-order valence-corrected chi connectivity index (χ2v) is 4.73. The van der Waals surface area contributed by atoms with Crippen LogP contribution in [0.3, 0.4) is 0 Å². The van der Waals surface area contributed by atoms with Crippen LogP contribution in [0.25, 0.3) is 0 Å². The van der Waals surface area contributed by atoms with Gasteiger partial charge in [-0.3, -0.25) is 4.79 Å². The molecular formula is C16H28O2. The highest BCUT2D eigenvalue weighted by Crippen LogP contribution is 2.13. The molecule has 2 heteroatoms. The Morgan fingerprint density at radius 1 is 1.06 bits per heavy atom. The first kappa shape index (κ1) is 16.9. The van der Waals surface area contributed by atoms with Crippen molar-refractivity contribution in [2.75, 3.05) is 0 Å². The van der Waals surface area contributed by atoms with Crippen molar-refractivity contribution in [1.82, 2.24) is 0 Å². The van der Waals surface area contributed by atoms with Gasteiger partial charge in [0.1, 0.15) is 5.76 Å². The maximum absolute atomic E-state index is 11.1. The van der Waals surface area contributed by atoms with E-state index in [1.54, 1.807) is 6.08 Å². The molecule has 0 aliphatic carbocycles. The molecule has 2 nitrogen and oxygen atoms in total. The number of unbranched alkanes of at least 4 members (excludes halogenated alkanes) is 7. The smallest absolute Gasteiger partial charge is 0.314 e. The molecule has 0 aliphatic rings. The Balaban J connectivity index is 3.30. The van der Waals surface area contributed by atoms with Crippen LogP contribution >= 0.6 is 0 Å². The Hall–Kier alpha value is -1.05. The lowest BCUT2D eigenvalue weighted by atomic mass is 10.1. The third-order valence-corrected chi connectivity index (χ3v) is 2.88. The first-order valence-electron chi connectivity index (χ1n) is 7.20. The Morgan fingerprint density at radius 2 is 1.61 bits per heavy atom. The summed E-state index contributed by atoms with van der Waals surface area (Å²) >= 11 is 0. The van der Waals surface area contributed by atoms with Crippen molar-refractivity contribution >= 4 is 5.97 Å². The second-order valence-electron chi connectivity index (χ2n) is 4.73. The van der Waals surface area contributed by atoms with Crippen molar-refractivity contribution in [2.45, 2.75) is 71.1 Å². The van der Waals surface area contributed by atoms with Gasteiger partial charge in [0.05, 0.1) is 6.42 Å². The molecule has 0 heterocycles. The molecule has 0 fully saturated rings. The molecule has 0 aromatic rings. The summed E-state index contributed by atoms with van der Waals surface area (Å²) in [7, 11) is 0. The fourth-order valence-corrected chi connectivity index (χ4v) is 1.83. The molecule has 18 heavy (non-hydrogen) atoms. The van der Waals surface area contributed by atoms with Crippen LogP contribution in [-0.4, -0.2) is 5.97 Å². The molecule has 0 saturated carbocycles. The van der Waals surface area contributed by atoms with E-state index in [9.17, 15) is 4.79 Å². The molecule has 0 aromatic carbocycles. The normalized spacial score (nSPS) is 10.1. The molecule has 0 spiro atoms. The zero-order chi connectivity index (χ0) is 13.6. The van der Waals surface area contributed by atoms with Crippen LogP contribution in [0.5, 0.6) is 0 Å². The van der Waals surface area contributed by atoms with Crippen LogP contribution in [0.2, 0.25) is 0 Å². The van der Waals surface area contributed by atoms with Gasteiger partial charge in [0.25, 0.3) is 0 Å². The Bertz CT molecular complexity index is 243. The molecular weight excluding hydrogens is 224 g/mol. The van der Waals surface area contributed by atoms with Gasteiger partial charge in [-0.05, 0) is 6.42 Å². The maximum Gasteiger partial charge on any atom is 0.314 e. The Kier molecular flexibility index (Phi) is 11.7. The number of hydrogen-bond donors (Lipinski definition) is 0. The summed E-state index contributed by atoms with van der Waals surface area (Å²) in [4.78, 5) is 11.1. The number of allylic oxidation sites excluding steroid dienone is 1. The van der Waals surface area contributed by atoms with E-state index >= 15 is 0 Å². The summed E-state index contributed by atoms with van der Waals surface area (Å²) in [5.41, 5.74) is 0. The van der Waals surface area contributed by atoms with Crippen molar-refractivity contribution < 1.29 is 9.53 Å². The number of carbonyl (C=O) groups is 1. The molecule has 0 radical (unpaired) electrons. The van der Waals surface area contributed by atoms with E-state index in [2.05, 4.69) is 20.1 Å². The minimum atomic E-state index is -0.255. The van der Waals surface area contributed by atoms with Crippen molar-refractivity contribution in [3.63, 3.8) is 0 Å². The van der Waals surface area contributed by atoms with Crippen molar-refractivity contribution in [3.05, 3.63) is 25.0 Å². The topological polar surface area (TPSA) is 26.3 Å². The van der Waals surface area contributed by atoms with Crippen LogP contribution in [0.1, 0.15) is 71.1 Å². The van der Waals surface area contributed by atoms with Gasteiger partial charge in [0.15, 0.2) is 0 Å². The number of carbonyl (C=O) groups excluding carboxylic acids is 1. The summed E-state index contributed by atoms with van der Waals surface area (Å²) in [5.74, 6) is 0.336. The molecule has 0 aliphatic heterocycles. The van der Waals surface area contributed by atoms with E-state index in [-0.39, 0.29) is 12.4 Å². The summed E-state index contributed by atoms with van der Waals surface area (Å²) < 4.78 is 5.05. The Labute approximate surface area is 112 Å². The third-order valence-electron chi connectivity index (χ3n) is 2.88. The first-order valence-corrected chi connectivity index (χ1v) is 7.20. The average Bonchev–Trinajstić information content (AvgIpc) is 2.32. The highest BCUT2D eigenvalue weighted by Gasteiger charge is 2.02. The van der Waals surface area contributed by atoms with Gasteiger partial charge >= 0.3 is 5.97 Å². The van der Waals surface area contributed by atoms with E-state index < -0.39 is 0 Å². The molecule has 104 valence electrons. The van der Waals surface area contributed by atoms with Crippen LogP contribution in [0.4, 0.5) is 0 Å². The summed E-state index contributed by atoms with van der Waals surface area (Å²) in [6.45, 7) is 9.49. The molecule has 0 amide bonds. The molecule has 0 atom stereocenters. The lowest BCUT2D eigenvalue weighted by molar-refractivity contribution is -0.138. The molecule has 0 saturated heterocycles. The van der Waals surface area contributed by atoms with Gasteiger partial charge in [0, 0.05) is 6.42 Å². The molecule has 0 N–H and O–H groups in total. The minimum Gasteiger partial charge on any atom is -0.431 e. The molecule has 0 aromatic heterocycles. The zero-order valence-electron chi connectivity index (χ0n) is 11.9. The van der Waals surface area contributed by atoms with Gasteiger partial charge in [-0.25, -0.2) is 0 Å². The van der Waals surface area contributed by atoms with Crippen molar-refractivity contribution in [3.8, 4) is 0 Å². The number of ether oxygens (including phenoxy) is 1. The number of esters is 1. The third kappa shape index (κ3) is 11.4. The van der Waals surface area contributed by atoms with Crippen LogP contribution in [-0.2, 0) is 9.53 Å². The lowest BCUT2D eigenvalue weighted by Gasteiger charge is -2.06. The SMILES string of the molecule is C=CCC(=O)OC(=C)CCCCCCCCCC. The van der Waals surface area contributed by atoms with Crippen molar-refractivity contribution in [2.24, 2.45) is 0 Å². The van der Waals surface area contributed by atoms with E-state index in [0.717, 1.165) is 12.8 Å². The average molecular weight is 252 g/mol. The first-order chi connectivity index (χ1) is 8.70. The highest BCUT2D eigenvalue weighted by atomic mass is 16.5. The summed E-state index contributed by atoms with van der Waals surface area (Å²) in [6.07, 6.45) is 12.8. The van der Waals surface area contributed by atoms with Gasteiger partial charge in [-0.1, -0.05) is 64.5 Å². The molecule has 0 bridgehead atoms. The predicted molar refractivity (Wildman–Crippen MR) is 77.3 cm³/mol. The lowest BCUT2D eigenvalue weighted by Crippen LogP contribution is -2.02. The molecule has 0 unspecified atom stereocenters. The highest BCUT2D eigenvalue weighted by molar-refractivity contribution is 5.72. The van der Waals surface area contributed by atoms with Gasteiger partial charge in [-0.2, -0.15) is 0 Å². The van der Waals surface area contributed by atoms with Gasteiger partial charge in [0.2, 0.25) is 0 Å².